The standard InChI is InChI=1S/C23H31N3O2/c1-6-10-26-16(2)18(22-19(26)12-23(3,4)13-20(22)27)11-21(28)25(5)15-17-8-7-9-24-14-17/h7-9,14H,6,10-13,15H2,1-5H3. The minimum absolute atomic E-state index is 0.0287. The van der Waals surface area contributed by atoms with Crippen LogP contribution in [0.2, 0.25) is 0 Å². The molecule has 0 atom stereocenters. The molecule has 0 aliphatic heterocycles. The lowest BCUT2D eigenvalue weighted by Crippen LogP contribution is -2.30. The normalized spacial score (nSPS) is 15.4. The van der Waals surface area contributed by atoms with E-state index in [1.807, 2.05) is 19.2 Å². The first-order valence-corrected chi connectivity index (χ1v) is 10.1. The van der Waals surface area contributed by atoms with Crippen molar-refractivity contribution in [2.75, 3.05) is 7.05 Å². The van der Waals surface area contributed by atoms with Crippen LogP contribution in [0.15, 0.2) is 24.5 Å². The first-order chi connectivity index (χ1) is 13.2. The van der Waals surface area contributed by atoms with Crippen LogP contribution < -0.4 is 0 Å². The lowest BCUT2D eigenvalue weighted by atomic mass is 9.75. The van der Waals surface area contributed by atoms with Gasteiger partial charge in [0.2, 0.25) is 5.91 Å². The molecule has 0 saturated carbocycles. The third kappa shape index (κ3) is 4.03. The SMILES string of the molecule is CCCn1c(C)c(CC(=O)N(C)Cc2cccnc2)c2c1CC(C)(C)CC2=O. The summed E-state index contributed by atoms with van der Waals surface area (Å²) in [5.74, 6) is 0.211. The molecule has 0 saturated heterocycles. The minimum Gasteiger partial charge on any atom is -0.348 e. The summed E-state index contributed by atoms with van der Waals surface area (Å²) in [4.78, 5) is 31.8. The van der Waals surface area contributed by atoms with Gasteiger partial charge in [0, 0.05) is 55.9 Å². The van der Waals surface area contributed by atoms with Gasteiger partial charge in [-0.3, -0.25) is 14.6 Å². The summed E-state index contributed by atoms with van der Waals surface area (Å²) >= 11 is 0. The third-order valence-electron chi connectivity index (χ3n) is 5.67. The average Bonchev–Trinajstić information content (AvgIpc) is 2.87. The number of carbonyl (C=O) groups is 2. The van der Waals surface area contributed by atoms with Gasteiger partial charge in [-0.2, -0.15) is 0 Å². The summed E-state index contributed by atoms with van der Waals surface area (Å²) in [6, 6.07) is 3.84. The second-order valence-corrected chi connectivity index (χ2v) is 8.77. The van der Waals surface area contributed by atoms with Gasteiger partial charge in [0.25, 0.3) is 0 Å². The highest BCUT2D eigenvalue weighted by Gasteiger charge is 2.37. The number of carbonyl (C=O) groups excluding carboxylic acids is 2. The first kappa shape index (κ1) is 20.3. The van der Waals surface area contributed by atoms with Crippen molar-refractivity contribution in [1.29, 1.82) is 0 Å². The Bertz CT molecular complexity index is 881. The van der Waals surface area contributed by atoms with Crippen molar-refractivity contribution in [2.24, 2.45) is 5.41 Å². The van der Waals surface area contributed by atoms with E-state index in [4.69, 9.17) is 0 Å². The molecule has 0 unspecified atom stereocenters. The predicted octanol–water partition coefficient (Wildman–Crippen LogP) is 3.96. The van der Waals surface area contributed by atoms with Crippen LogP contribution in [-0.4, -0.2) is 33.2 Å². The van der Waals surface area contributed by atoms with Crippen molar-refractivity contribution < 1.29 is 9.59 Å². The van der Waals surface area contributed by atoms with Crippen LogP contribution in [0.4, 0.5) is 0 Å². The zero-order valence-corrected chi connectivity index (χ0v) is 17.7. The number of hydrogen-bond donors (Lipinski definition) is 0. The number of Topliss-reactive ketones (excluding diaryl/α,β-unsaturated/α-hetero) is 1. The van der Waals surface area contributed by atoms with Gasteiger partial charge in [0.05, 0.1) is 6.42 Å². The van der Waals surface area contributed by atoms with Gasteiger partial charge in [-0.05, 0) is 42.4 Å². The van der Waals surface area contributed by atoms with Crippen LogP contribution in [0.5, 0.6) is 0 Å². The van der Waals surface area contributed by atoms with Crippen LogP contribution >= 0.6 is 0 Å². The Balaban J connectivity index is 1.90. The zero-order valence-electron chi connectivity index (χ0n) is 17.7. The molecule has 0 bridgehead atoms. The summed E-state index contributed by atoms with van der Waals surface area (Å²) in [6.45, 7) is 9.91. The van der Waals surface area contributed by atoms with E-state index in [1.165, 1.54) is 0 Å². The third-order valence-corrected chi connectivity index (χ3v) is 5.67. The molecule has 5 nitrogen and oxygen atoms in total. The molecule has 28 heavy (non-hydrogen) atoms. The van der Waals surface area contributed by atoms with Crippen molar-refractivity contribution in [1.82, 2.24) is 14.5 Å². The fourth-order valence-electron chi connectivity index (χ4n) is 4.29. The molecule has 2 aromatic rings. The quantitative estimate of drug-likeness (QED) is 0.761. The number of rotatable bonds is 6. The highest BCUT2D eigenvalue weighted by molar-refractivity contribution is 6.01. The van der Waals surface area contributed by atoms with Crippen molar-refractivity contribution in [3.05, 3.63) is 52.6 Å². The number of nitrogens with zero attached hydrogens (tertiary/aromatic N) is 3. The van der Waals surface area contributed by atoms with E-state index >= 15 is 0 Å². The van der Waals surface area contributed by atoms with Crippen LogP contribution in [0.1, 0.15) is 66.5 Å². The van der Waals surface area contributed by atoms with Gasteiger partial charge in [-0.15, -0.1) is 0 Å². The van der Waals surface area contributed by atoms with E-state index in [1.54, 1.807) is 17.3 Å². The average molecular weight is 382 g/mol. The number of amides is 1. The maximum absolute atomic E-state index is 13.0. The Hall–Kier alpha value is -2.43. The van der Waals surface area contributed by atoms with Gasteiger partial charge in [-0.25, -0.2) is 0 Å². The van der Waals surface area contributed by atoms with Gasteiger partial charge < -0.3 is 9.47 Å². The largest absolute Gasteiger partial charge is 0.348 e. The molecular weight excluding hydrogens is 350 g/mol. The molecule has 1 aliphatic rings. The van der Waals surface area contributed by atoms with Gasteiger partial charge in [0.15, 0.2) is 5.78 Å². The molecule has 2 aromatic heterocycles. The van der Waals surface area contributed by atoms with Gasteiger partial charge in [0.1, 0.15) is 0 Å². The van der Waals surface area contributed by atoms with E-state index in [2.05, 4.69) is 37.2 Å². The van der Waals surface area contributed by atoms with E-state index in [0.29, 0.717) is 13.0 Å². The van der Waals surface area contributed by atoms with E-state index < -0.39 is 0 Å². The Morgan fingerprint density at radius 1 is 1.32 bits per heavy atom. The van der Waals surface area contributed by atoms with Crippen molar-refractivity contribution in [3.8, 4) is 0 Å². The monoisotopic (exact) mass is 381 g/mol. The molecule has 0 N–H and O–H groups in total. The lowest BCUT2D eigenvalue weighted by molar-refractivity contribution is -0.129. The summed E-state index contributed by atoms with van der Waals surface area (Å²) < 4.78 is 2.28. The Morgan fingerprint density at radius 3 is 2.71 bits per heavy atom. The van der Waals surface area contributed by atoms with Crippen molar-refractivity contribution in [3.63, 3.8) is 0 Å². The summed E-state index contributed by atoms with van der Waals surface area (Å²) in [5.41, 5.74) is 4.90. The van der Waals surface area contributed by atoms with Crippen LogP contribution in [0, 0.1) is 12.3 Å². The molecule has 1 aliphatic carbocycles. The van der Waals surface area contributed by atoms with Crippen molar-refractivity contribution >= 4 is 11.7 Å². The topological polar surface area (TPSA) is 55.2 Å². The smallest absolute Gasteiger partial charge is 0.227 e. The number of hydrogen-bond acceptors (Lipinski definition) is 3. The molecule has 150 valence electrons. The predicted molar refractivity (Wildman–Crippen MR) is 110 cm³/mol. The Morgan fingerprint density at radius 2 is 2.07 bits per heavy atom. The van der Waals surface area contributed by atoms with E-state index in [9.17, 15) is 9.59 Å². The molecule has 2 heterocycles. The van der Waals surface area contributed by atoms with E-state index in [-0.39, 0.29) is 23.5 Å². The molecule has 1 amide bonds. The number of ketones is 1. The summed E-state index contributed by atoms with van der Waals surface area (Å²) in [7, 11) is 1.81. The number of pyridine rings is 1. The summed E-state index contributed by atoms with van der Waals surface area (Å²) in [6.07, 6.45) is 6.21. The molecule has 0 spiro atoms. The second-order valence-electron chi connectivity index (χ2n) is 8.77. The van der Waals surface area contributed by atoms with Gasteiger partial charge in [-0.1, -0.05) is 26.8 Å². The molecule has 3 rings (SSSR count). The van der Waals surface area contributed by atoms with Gasteiger partial charge >= 0.3 is 0 Å². The fraction of sp³-hybridized carbons (Fsp3) is 0.522. The highest BCUT2D eigenvalue weighted by atomic mass is 16.2. The second kappa shape index (κ2) is 7.90. The van der Waals surface area contributed by atoms with E-state index in [0.717, 1.165) is 47.5 Å². The Labute approximate surface area is 167 Å². The molecular formula is C23H31N3O2. The first-order valence-electron chi connectivity index (χ1n) is 10.1. The maximum atomic E-state index is 13.0. The number of aromatic nitrogens is 2. The zero-order chi connectivity index (χ0) is 20.5. The van der Waals surface area contributed by atoms with Crippen LogP contribution in [0.3, 0.4) is 0 Å². The summed E-state index contributed by atoms with van der Waals surface area (Å²) in [5, 5.41) is 0. The van der Waals surface area contributed by atoms with Crippen LogP contribution in [-0.2, 0) is 30.7 Å². The van der Waals surface area contributed by atoms with Crippen molar-refractivity contribution in [2.45, 2.75) is 66.5 Å². The lowest BCUT2D eigenvalue weighted by Gasteiger charge is -2.30. The fourth-order valence-corrected chi connectivity index (χ4v) is 4.29. The number of fused-ring (bicyclic) bond motifs is 1. The molecule has 0 fully saturated rings. The Kier molecular flexibility index (Phi) is 5.73. The minimum atomic E-state index is -0.0290. The maximum Gasteiger partial charge on any atom is 0.227 e. The molecule has 0 radical (unpaired) electrons. The molecule has 0 aromatic carbocycles. The van der Waals surface area contributed by atoms with Crippen LogP contribution in [0.25, 0.3) is 0 Å². The highest BCUT2D eigenvalue weighted by Crippen LogP contribution is 2.39. The number of likely N-dealkylation sites (N-methyl/N-ethyl adjacent to an activating group) is 1. The molecule has 5 heteroatoms.